The quantitative estimate of drug-likeness (QED) is 0.524. The fourth-order valence-electron chi connectivity index (χ4n) is 1.70. The zero-order valence-corrected chi connectivity index (χ0v) is 11.3. The lowest BCUT2D eigenvalue weighted by atomic mass is 10.0. The van der Waals surface area contributed by atoms with Gasteiger partial charge in [0.1, 0.15) is 0 Å². The van der Waals surface area contributed by atoms with Crippen LogP contribution in [0.3, 0.4) is 0 Å². The Kier molecular flexibility index (Phi) is 10.4. The molecule has 15 heavy (non-hydrogen) atoms. The maximum Gasteiger partial charge on any atom is 0.00360 e. The lowest BCUT2D eigenvalue weighted by molar-refractivity contribution is 0.489. The Morgan fingerprint density at radius 3 is 2.13 bits per heavy atom. The molecule has 1 unspecified atom stereocenters. The lowest BCUT2D eigenvalue weighted by Gasteiger charge is -2.10. The zero-order chi connectivity index (χ0) is 11.5. The molecule has 0 spiro atoms. The van der Waals surface area contributed by atoms with E-state index in [4.69, 9.17) is 0 Å². The van der Waals surface area contributed by atoms with E-state index >= 15 is 0 Å². The molecule has 0 aliphatic heterocycles. The molecule has 1 heteroatoms. The fourth-order valence-corrected chi connectivity index (χ4v) is 1.70. The van der Waals surface area contributed by atoms with E-state index in [2.05, 4.69) is 33.0 Å². The number of nitrogens with one attached hydrogen (secondary N) is 1. The van der Waals surface area contributed by atoms with E-state index < -0.39 is 0 Å². The maximum absolute atomic E-state index is 3.54. The van der Waals surface area contributed by atoms with Crippen LogP contribution in [0.25, 0.3) is 0 Å². The molecule has 0 bridgehead atoms. The maximum atomic E-state index is 3.54. The molecule has 1 N–H and O–H groups in total. The summed E-state index contributed by atoms with van der Waals surface area (Å²) in [6.07, 6.45) is 9.69. The molecule has 0 aliphatic rings. The second kappa shape index (κ2) is 10.5. The van der Waals surface area contributed by atoms with Crippen LogP contribution >= 0.6 is 0 Å². The van der Waals surface area contributed by atoms with Crippen LogP contribution in [0.5, 0.6) is 0 Å². The van der Waals surface area contributed by atoms with Crippen molar-refractivity contribution in [2.45, 2.75) is 78.7 Å². The van der Waals surface area contributed by atoms with Crippen molar-refractivity contribution in [1.82, 2.24) is 5.32 Å². The second-order valence-electron chi connectivity index (χ2n) is 5.21. The summed E-state index contributed by atoms with van der Waals surface area (Å²) in [5.41, 5.74) is 0. The van der Waals surface area contributed by atoms with Crippen molar-refractivity contribution in [3.8, 4) is 0 Å². The van der Waals surface area contributed by atoms with Gasteiger partial charge in [-0.2, -0.15) is 0 Å². The summed E-state index contributed by atoms with van der Waals surface area (Å²) in [7, 11) is 0. The molecule has 0 aromatic rings. The second-order valence-corrected chi connectivity index (χ2v) is 5.21. The first kappa shape index (κ1) is 15.0. The third-order valence-electron chi connectivity index (χ3n) is 3.06. The third kappa shape index (κ3) is 11.9. The van der Waals surface area contributed by atoms with Crippen LogP contribution < -0.4 is 5.32 Å². The topological polar surface area (TPSA) is 12.0 Å². The predicted molar refractivity (Wildman–Crippen MR) is 72.4 cm³/mol. The van der Waals surface area contributed by atoms with E-state index in [1.54, 1.807) is 0 Å². The lowest BCUT2D eigenvalue weighted by Crippen LogP contribution is -2.25. The van der Waals surface area contributed by atoms with E-state index in [0.29, 0.717) is 6.04 Å². The van der Waals surface area contributed by atoms with E-state index in [1.165, 1.54) is 51.5 Å². The van der Waals surface area contributed by atoms with Gasteiger partial charge >= 0.3 is 0 Å². The molecule has 0 heterocycles. The minimum atomic E-state index is 0. The van der Waals surface area contributed by atoms with Crippen LogP contribution in [-0.4, -0.2) is 12.6 Å². The summed E-state index contributed by atoms with van der Waals surface area (Å²) in [4.78, 5) is 0. The molecule has 0 fully saturated rings. The van der Waals surface area contributed by atoms with E-state index in [9.17, 15) is 0 Å². The van der Waals surface area contributed by atoms with Gasteiger partial charge in [-0.25, -0.2) is 0 Å². The fraction of sp³-hybridized carbons (Fsp3) is 1.00. The molecule has 0 radical (unpaired) electrons. The zero-order valence-electron chi connectivity index (χ0n) is 11.3. The van der Waals surface area contributed by atoms with E-state index in [0.717, 1.165) is 5.92 Å². The summed E-state index contributed by atoms with van der Waals surface area (Å²) < 4.78 is 0. The Hall–Kier alpha value is -0.0400. The average Bonchev–Trinajstić information content (AvgIpc) is 2.21. The van der Waals surface area contributed by atoms with Crippen molar-refractivity contribution >= 4 is 0 Å². The van der Waals surface area contributed by atoms with Crippen molar-refractivity contribution < 1.29 is 1.43 Å². The van der Waals surface area contributed by atoms with Crippen LogP contribution in [0.15, 0.2) is 0 Å². The molecular weight excluding hydrogens is 182 g/mol. The predicted octanol–water partition coefficient (Wildman–Crippen LogP) is 4.62. The highest BCUT2D eigenvalue weighted by Crippen LogP contribution is 2.10. The van der Waals surface area contributed by atoms with Gasteiger partial charge in [0.05, 0.1) is 0 Å². The summed E-state index contributed by atoms with van der Waals surface area (Å²) in [6, 6.07) is 0.700. The summed E-state index contributed by atoms with van der Waals surface area (Å²) in [5.74, 6) is 0.886. The molecule has 1 nitrogen and oxygen atoms in total. The molecule has 0 saturated heterocycles. The summed E-state index contributed by atoms with van der Waals surface area (Å²) >= 11 is 0. The van der Waals surface area contributed by atoms with Crippen LogP contribution in [0.4, 0.5) is 0 Å². The number of unbranched alkanes of at least 4 members (excludes halogenated alkanes) is 4. The third-order valence-corrected chi connectivity index (χ3v) is 3.06. The van der Waals surface area contributed by atoms with Gasteiger partial charge in [0.15, 0.2) is 0 Å². The van der Waals surface area contributed by atoms with E-state index in [-0.39, 0.29) is 1.43 Å². The molecule has 0 aromatic carbocycles. The van der Waals surface area contributed by atoms with Crippen molar-refractivity contribution in [1.29, 1.82) is 0 Å². The Balaban J connectivity index is 0. The first-order valence-electron chi connectivity index (χ1n) is 6.90. The van der Waals surface area contributed by atoms with Crippen LogP contribution in [-0.2, 0) is 0 Å². The van der Waals surface area contributed by atoms with Gasteiger partial charge < -0.3 is 5.32 Å². The monoisotopic (exact) mass is 215 g/mol. The van der Waals surface area contributed by atoms with Crippen molar-refractivity contribution in [3.63, 3.8) is 0 Å². The van der Waals surface area contributed by atoms with Crippen molar-refractivity contribution in [2.24, 2.45) is 5.92 Å². The van der Waals surface area contributed by atoms with Gasteiger partial charge in [-0.1, -0.05) is 52.9 Å². The Morgan fingerprint density at radius 1 is 0.933 bits per heavy atom. The van der Waals surface area contributed by atoms with Gasteiger partial charge in [-0.05, 0) is 32.2 Å². The Bertz CT molecular complexity index is 126. The Morgan fingerprint density at radius 2 is 1.53 bits per heavy atom. The molecule has 0 amide bonds. The van der Waals surface area contributed by atoms with Crippen LogP contribution in [0.2, 0.25) is 0 Å². The van der Waals surface area contributed by atoms with Gasteiger partial charge in [0, 0.05) is 7.47 Å². The standard InChI is InChI=1S/C14H31N.H2/c1-5-14(4)15-12-10-8-6-7-9-11-13(2)3;/h13-15H,5-12H2,1-4H3;1H. The minimum absolute atomic E-state index is 0. The highest BCUT2D eigenvalue weighted by molar-refractivity contribution is 4.57. The largest absolute Gasteiger partial charge is 0.314 e. The van der Waals surface area contributed by atoms with Crippen LogP contribution in [0.1, 0.15) is 74.1 Å². The molecule has 1 atom stereocenters. The average molecular weight is 215 g/mol. The van der Waals surface area contributed by atoms with Gasteiger partial charge in [0.25, 0.3) is 0 Å². The molecule has 0 rings (SSSR count). The number of hydrogen-bond donors (Lipinski definition) is 1. The van der Waals surface area contributed by atoms with Gasteiger partial charge in [-0.3, -0.25) is 0 Å². The highest BCUT2D eigenvalue weighted by Gasteiger charge is 1.97. The van der Waals surface area contributed by atoms with Gasteiger partial charge in [-0.15, -0.1) is 0 Å². The molecule has 0 saturated carbocycles. The number of hydrogen-bond acceptors (Lipinski definition) is 1. The first-order chi connectivity index (χ1) is 7.16. The van der Waals surface area contributed by atoms with E-state index in [1.807, 2.05) is 0 Å². The summed E-state index contributed by atoms with van der Waals surface area (Å²) in [6.45, 7) is 10.3. The molecule has 0 aliphatic carbocycles. The highest BCUT2D eigenvalue weighted by atomic mass is 14.9. The van der Waals surface area contributed by atoms with Crippen molar-refractivity contribution in [3.05, 3.63) is 0 Å². The normalized spacial score (nSPS) is 13.4. The first-order valence-corrected chi connectivity index (χ1v) is 6.90. The van der Waals surface area contributed by atoms with Crippen molar-refractivity contribution in [2.75, 3.05) is 6.54 Å². The number of rotatable bonds is 10. The van der Waals surface area contributed by atoms with Gasteiger partial charge in [0.2, 0.25) is 0 Å². The summed E-state index contributed by atoms with van der Waals surface area (Å²) in [5, 5.41) is 3.54. The minimum Gasteiger partial charge on any atom is -0.314 e. The molecular formula is C14H33N. The SMILES string of the molecule is CCC(C)NCCCCCCCC(C)C.[HH]. The molecule has 0 aromatic heterocycles. The van der Waals surface area contributed by atoms with Crippen LogP contribution in [0, 0.1) is 5.92 Å². The smallest absolute Gasteiger partial charge is 0.00360 e. The Labute approximate surface area is 98.5 Å². The molecule has 94 valence electrons.